The highest BCUT2D eigenvalue weighted by Gasteiger charge is 2.22. The van der Waals surface area contributed by atoms with Crippen molar-refractivity contribution in [3.05, 3.63) is 78.9 Å². The van der Waals surface area contributed by atoms with Gasteiger partial charge in [0.25, 0.3) is 0 Å². The van der Waals surface area contributed by atoms with Gasteiger partial charge in [-0.3, -0.25) is 4.79 Å². The summed E-state index contributed by atoms with van der Waals surface area (Å²) in [5.74, 6) is -0.729. The number of nitrogens with zero attached hydrogens (tertiary/aromatic N) is 2. The van der Waals surface area contributed by atoms with Crippen LogP contribution in [0.5, 0.6) is 0 Å². The van der Waals surface area contributed by atoms with Crippen molar-refractivity contribution in [2.75, 3.05) is 36.0 Å². The molecule has 182 valence electrons. The Kier molecular flexibility index (Phi) is 7.12. The Labute approximate surface area is 211 Å². The first kappa shape index (κ1) is 24.7. The van der Waals surface area contributed by atoms with E-state index in [4.69, 9.17) is 8.83 Å². The Bertz CT molecular complexity index is 1530. The van der Waals surface area contributed by atoms with Crippen LogP contribution in [0, 0.1) is 0 Å². The maximum atomic E-state index is 13.2. The zero-order valence-electron chi connectivity index (χ0n) is 20.2. The van der Waals surface area contributed by atoms with Crippen molar-refractivity contribution in [3.63, 3.8) is 0 Å². The van der Waals surface area contributed by atoms with Crippen LogP contribution < -0.4 is 21.1 Å². The number of fused-ring (bicyclic) bond motifs is 2. The minimum atomic E-state index is -0.799. The number of hydrogen-bond donors (Lipinski definition) is 0. The van der Waals surface area contributed by atoms with Crippen LogP contribution in [0.15, 0.2) is 65.4 Å². The number of hydrogen-bond acceptors (Lipinski definition) is 7. The van der Waals surface area contributed by atoms with Crippen molar-refractivity contribution in [2.24, 2.45) is 0 Å². The minimum absolute atomic E-state index is 0.210. The normalized spacial score (nSPS) is 11.2. The molecular weight excluding hydrogens is 512 g/mol. The van der Waals surface area contributed by atoms with Gasteiger partial charge in [0.1, 0.15) is 22.3 Å². The van der Waals surface area contributed by atoms with E-state index in [0.717, 1.165) is 42.0 Å². The molecule has 0 unspecified atom stereocenters. The molecule has 4 rings (SSSR count). The quantitative estimate of drug-likeness (QED) is 0.213. The van der Waals surface area contributed by atoms with Gasteiger partial charge in [0, 0.05) is 59.2 Å². The second-order valence-electron chi connectivity index (χ2n) is 8.13. The third-order valence-electron chi connectivity index (χ3n) is 6.24. The lowest BCUT2D eigenvalue weighted by molar-refractivity contribution is 0.103. The van der Waals surface area contributed by atoms with E-state index in [1.54, 1.807) is 24.3 Å². The molecule has 35 heavy (non-hydrogen) atoms. The first-order chi connectivity index (χ1) is 16.8. The molecule has 0 bridgehead atoms. The largest absolute Gasteiger partial charge is 0.422 e. The molecule has 0 aliphatic carbocycles. The second-order valence-corrected chi connectivity index (χ2v) is 8.99. The van der Waals surface area contributed by atoms with E-state index < -0.39 is 17.0 Å². The van der Waals surface area contributed by atoms with Crippen molar-refractivity contribution < 1.29 is 13.6 Å². The highest BCUT2D eigenvalue weighted by molar-refractivity contribution is 9.10. The predicted molar refractivity (Wildman–Crippen MR) is 143 cm³/mol. The standard InChI is InChI=1S/C27H27BrN2O5/c1-5-29(6-2)18-10-9-16-11-19(26(32)34-23(16)14-18)25(31)20-12-17-13-21(28)22(30(7-3)8-4)15-24(17)35-27(20)33/h9-15H,5-8H2,1-4H3. The van der Waals surface area contributed by atoms with E-state index in [9.17, 15) is 14.4 Å². The molecule has 0 aliphatic rings. The molecule has 0 N–H and O–H groups in total. The van der Waals surface area contributed by atoms with E-state index in [1.165, 1.54) is 12.1 Å². The number of halogens is 1. The molecule has 7 nitrogen and oxygen atoms in total. The Morgan fingerprint density at radius 2 is 1.29 bits per heavy atom. The van der Waals surface area contributed by atoms with E-state index in [1.807, 2.05) is 33.8 Å². The topological polar surface area (TPSA) is 84.0 Å². The molecule has 0 atom stereocenters. The van der Waals surface area contributed by atoms with Crippen molar-refractivity contribution in [3.8, 4) is 0 Å². The molecule has 2 aromatic heterocycles. The lowest BCUT2D eigenvalue weighted by Crippen LogP contribution is -2.23. The molecule has 2 heterocycles. The summed E-state index contributed by atoms with van der Waals surface area (Å²) < 4.78 is 11.8. The Morgan fingerprint density at radius 1 is 0.743 bits per heavy atom. The van der Waals surface area contributed by atoms with Crippen molar-refractivity contribution in [2.45, 2.75) is 27.7 Å². The van der Waals surface area contributed by atoms with Crippen molar-refractivity contribution in [1.29, 1.82) is 0 Å². The SMILES string of the molecule is CCN(CC)c1ccc2cc(C(=O)c3cc4cc(Br)c(N(CC)CC)cc4oc3=O)c(=O)oc2c1. The van der Waals surface area contributed by atoms with Gasteiger partial charge in [-0.2, -0.15) is 0 Å². The molecule has 0 amide bonds. The molecular formula is C27H27BrN2O5. The van der Waals surface area contributed by atoms with E-state index >= 15 is 0 Å². The fourth-order valence-electron chi connectivity index (χ4n) is 4.28. The Hall–Kier alpha value is -3.39. The summed E-state index contributed by atoms with van der Waals surface area (Å²) in [5.41, 5.74) is 0.549. The third kappa shape index (κ3) is 4.62. The molecule has 2 aromatic carbocycles. The third-order valence-corrected chi connectivity index (χ3v) is 6.88. The summed E-state index contributed by atoms with van der Waals surface area (Å²) in [6.45, 7) is 11.4. The average Bonchev–Trinajstić information content (AvgIpc) is 2.85. The van der Waals surface area contributed by atoms with Crippen LogP contribution in [0.1, 0.15) is 43.6 Å². The van der Waals surface area contributed by atoms with Crippen molar-refractivity contribution in [1.82, 2.24) is 0 Å². The van der Waals surface area contributed by atoms with Gasteiger partial charge in [0.2, 0.25) is 5.78 Å². The van der Waals surface area contributed by atoms with Gasteiger partial charge in [-0.05, 0) is 74.0 Å². The smallest absolute Gasteiger partial charge is 0.347 e. The molecule has 0 radical (unpaired) electrons. The molecule has 0 saturated carbocycles. The van der Waals surface area contributed by atoms with Crippen LogP contribution in [0.25, 0.3) is 21.9 Å². The monoisotopic (exact) mass is 538 g/mol. The van der Waals surface area contributed by atoms with Gasteiger partial charge < -0.3 is 18.6 Å². The highest BCUT2D eigenvalue weighted by Crippen LogP contribution is 2.31. The van der Waals surface area contributed by atoms with Crippen LogP contribution in [-0.4, -0.2) is 32.0 Å². The zero-order valence-corrected chi connectivity index (χ0v) is 21.8. The summed E-state index contributed by atoms with van der Waals surface area (Å²) >= 11 is 3.57. The van der Waals surface area contributed by atoms with E-state index in [2.05, 4.69) is 25.7 Å². The number of benzene rings is 2. The fraction of sp³-hybridized carbons (Fsp3) is 0.296. The first-order valence-corrected chi connectivity index (χ1v) is 12.5. The number of carbonyl (C=O) groups is 1. The lowest BCUT2D eigenvalue weighted by atomic mass is 10.0. The Morgan fingerprint density at radius 3 is 1.86 bits per heavy atom. The second kappa shape index (κ2) is 10.1. The average molecular weight is 539 g/mol. The number of ketones is 1. The summed E-state index contributed by atoms with van der Waals surface area (Å²) in [5, 5.41) is 1.17. The van der Waals surface area contributed by atoms with Crippen molar-refractivity contribution >= 4 is 55.0 Å². The van der Waals surface area contributed by atoms with E-state index in [0.29, 0.717) is 21.9 Å². The summed E-state index contributed by atoms with van der Waals surface area (Å²) in [7, 11) is 0. The molecule has 0 fully saturated rings. The Balaban J connectivity index is 1.78. The molecule has 8 heteroatoms. The van der Waals surface area contributed by atoms with Crippen LogP contribution in [0.3, 0.4) is 0 Å². The number of rotatable bonds is 8. The maximum absolute atomic E-state index is 13.2. The minimum Gasteiger partial charge on any atom is -0.422 e. The predicted octanol–water partition coefficient (Wildman–Crippen LogP) is 5.59. The summed E-state index contributed by atoms with van der Waals surface area (Å²) in [4.78, 5) is 43.0. The summed E-state index contributed by atoms with van der Waals surface area (Å²) in [6.07, 6.45) is 0. The fourth-order valence-corrected chi connectivity index (χ4v) is 4.89. The van der Waals surface area contributed by atoms with Gasteiger partial charge >= 0.3 is 11.3 Å². The first-order valence-electron chi connectivity index (χ1n) is 11.7. The van der Waals surface area contributed by atoms with Gasteiger partial charge in [-0.1, -0.05) is 0 Å². The van der Waals surface area contributed by atoms with Gasteiger partial charge in [-0.15, -0.1) is 0 Å². The zero-order chi connectivity index (χ0) is 25.3. The maximum Gasteiger partial charge on any atom is 0.347 e. The van der Waals surface area contributed by atoms with Crippen LogP contribution >= 0.6 is 15.9 Å². The lowest BCUT2D eigenvalue weighted by Gasteiger charge is -2.22. The highest BCUT2D eigenvalue weighted by atomic mass is 79.9. The van der Waals surface area contributed by atoms with Crippen LogP contribution in [0.4, 0.5) is 11.4 Å². The van der Waals surface area contributed by atoms with Gasteiger partial charge in [-0.25, -0.2) is 9.59 Å². The van der Waals surface area contributed by atoms with E-state index in [-0.39, 0.29) is 11.1 Å². The molecule has 0 saturated heterocycles. The molecule has 0 aliphatic heterocycles. The molecule has 0 spiro atoms. The van der Waals surface area contributed by atoms with Gasteiger partial charge in [0.15, 0.2) is 0 Å². The van der Waals surface area contributed by atoms with Gasteiger partial charge in [0.05, 0.1) is 5.69 Å². The number of carbonyl (C=O) groups excluding carboxylic acids is 1. The molecule has 4 aromatic rings. The van der Waals surface area contributed by atoms with Crippen LogP contribution in [-0.2, 0) is 0 Å². The summed E-state index contributed by atoms with van der Waals surface area (Å²) in [6, 6.07) is 12.0. The van der Waals surface area contributed by atoms with Crippen LogP contribution in [0.2, 0.25) is 0 Å². The number of anilines is 2.